The van der Waals surface area contributed by atoms with Crippen molar-refractivity contribution < 1.29 is 14.4 Å². The molecule has 1 aromatic heterocycles. The molecule has 1 aromatic rings. The Morgan fingerprint density at radius 3 is 2.88 bits per heavy atom. The number of imide groups is 1. The monoisotopic (exact) mass is 362 g/mol. The number of aromatic nitrogens is 2. The van der Waals surface area contributed by atoms with E-state index in [1.165, 1.54) is 0 Å². The molecule has 4 amide bonds. The normalized spacial score (nSPS) is 17.1. The number of nitrogens with zero attached hydrogens (tertiary/aromatic N) is 2. The first-order chi connectivity index (χ1) is 12.5. The molecule has 1 fully saturated rings. The maximum absolute atomic E-state index is 12.1. The van der Waals surface area contributed by atoms with E-state index in [-0.39, 0.29) is 24.7 Å². The van der Waals surface area contributed by atoms with Crippen molar-refractivity contribution >= 4 is 23.7 Å². The number of hydrogen-bond donors (Lipinski definition) is 4. The second-order valence-electron chi connectivity index (χ2n) is 6.25. The molecule has 1 aliphatic rings. The zero-order valence-electron chi connectivity index (χ0n) is 15.2. The van der Waals surface area contributed by atoms with Gasteiger partial charge < -0.3 is 16.0 Å². The van der Waals surface area contributed by atoms with Crippen LogP contribution in [0.1, 0.15) is 44.1 Å². The fourth-order valence-corrected chi connectivity index (χ4v) is 2.59. The van der Waals surface area contributed by atoms with Crippen LogP contribution in [-0.4, -0.2) is 46.9 Å². The zero-order valence-corrected chi connectivity index (χ0v) is 15.2. The number of rotatable bonds is 8. The molecule has 142 valence electrons. The van der Waals surface area contributed by atoms with Gasteiger partial charge in [-0.3, -0.25) is 14.9 Å². The van der Waals surface area contributed by atoms with Crippen molar-refractivity contribution in [3.63, 3.8) is 0 Å². The number of carbonyl (C=O) groups excluding carboxylic acids is 3. The van der Waals surface area contributed by atoms with Crippen molar-refractivity contribution in [1.29, 1.82) is 0 Å². The van der Waals surface area contributed by atoms with Gasteiger partial charge in [-0.05, 0) is 19.8 Å². The Kier molecular flexibility index (Phi) is 7.31. The van der Waals surface area contributed by atoms with Gasteiger partial charge in [-0.25, -0.2) is 14.8 Å². The lowest BCUT2D eigenvalue weighted by Crippen LogP contribution is -2.48. The highest BCUT2D eigenvalue weighted by molar-refractivity contribution is 5.98. The van der Waals surface area contributed by atoms with Gasteiger partial charge in [-0.2, -0.15) is 0 Å². The minimum Gasteiger partial charge on any atom is -0.368 e. The number of urea groups is 1. The number of carbonyl (C=O) groups is 3. The van der Waals surface area contributed by atoms with Crippen LogP contribution < -0.4 is 21.3 Å². The summed E-state index contributed by atoms with van der Waals surface area (Å²) in [6, 6.07) is 0.519. The van der Waals surface area contributed by atoms with Crippen LogP contribution in [0.25, 0.3) is 0 Å². The average Bonchev–Trinajstić information content (AvgIpc) is 2.76. The topological polar surface area (TPSA) is 125 Å². The smallest absolute Gasteiger partial charge is 0.322 e. The van der Waals surface area contributed by atoms with Crippen molar-refractivity contribution in [2.45, 2.75) is 52.0 Å². The summed E-state index contributed by atoms with van der Waals surface area (Å²) in [6.45, 7) is 4.92. The van der Waals surface area contributed by atoms with Crippen molar-refractivity contribution in [3.8, 4) is 0 Å². The Hall–Kier alpha value is -2.71. The molecule has 1 saturated heterocycles. The quantitative estimate of drug-likeness (QED) is 0.503. The van der Waals surface area contributed by atoms with Gasteiger partial charge >= 0.3 is 6.03 Å². The predicted molar refractivity (Wildman–Crippen MR) is 96.6 cm³/mol. The van der Waals surface area contributed by atoms with Crippen molar-refractivity contribution in [2.75, 3.05) is 18.4 Å². The molecular formula is C17H26N6O3. The fraction of sp³-hybridized carbons (Fsp3) is 0.588. The summed E-state index contributed by atoms with van der Waals surface area (Å²) >= 11 is 0. The summed E-state index contributed by atoms with van der Waals surface area (Å²) in [5.41, 5.74) is 0.899. The van der Waals surface area contributed by atoms with Gasteiger partial charge in [0.2, 0.25) is 11.8 Å². The summed E-state index contributed by atoms with van der Waals surface area (Å²) in [4.78, 5) is 43.7. The number of aryl methyl sites for hydroxylation is 2. The van der Waals surface area contributed by atoms with E-state index in [0.717, 1.165) is 36.6 Å². The second-order valence-corrected chi connectivity index (χ2v) is 6.25. The highest BCUT2D eigenvalue weighted by atomic mass is 16.2. The van der Waals surface area contributed by atoms with Gasteiger partial charge in [0.15, 0.2) is 0 Å². The van der Waals surface area contributed by atoms with E-state index >= 15 is 0 Å². The molecule has 4 N–H and O–H groups in total. The summed E-state index contributed by atoms with van der Waals surface area (Å²) in [6.07, 6.45) is 3.39. The van der Waals surface area contributed by atoms with Gasteiger partial charge in [-0.1, -0.05) is 13.3 Å². The molecule has 0 aliphatic carbocycles. The minimum absolute atomic E-state index is 0.135. The molecule has 0 spiro atoms. The van der Waals surface area contributed by atoms with E-state index < -0.39 is 12.1 Å². The summed E-state index contributed by atoms with van der Waals surface area (Å²) in [7, 11) is 0. The molecule has 9 heteroatoms. The van der Waals surface area contributed by atoms with Crippen molar-refractivity contribution in [3.05, 3.63) is 17.6 Å². The highest BCUT2D eigenvalue weighted by Crippen LogP contribution is 2.08. The molecule has 2 rings (SSSR count). The van der Waals surface area contributed by atoms with E-state index in [9.17, 15) is 14.4 Å². The highest BCUT2D eigenvalue weighted by Gasteiger charge is 2.25. The number of hydrogen-bond acceptors (Lipinski definition) is 6. The lowest BCUT2D eigenvalue weighted by atomic mass is 10.1. The summed E-state index contributed by atoms with van der Waals surface area (Å²) in [5, 5.41) is 10.5. The fourth-order valence-electron chi connectivity index (χ4n) is 2.59. The third-order valence-electron chi connectivity index (χ3n) is 3.92. The van der Waals surface area contributed by atoms with Crippen molar-refractivity contribution in [1.82, 2.24) is 25.9 Å². The molecule has 1 atom stereocenters. The van der Waals surface area contributed by atoms with Crippen LogP contribution in [0.2, 0.25) is 0 Å². The van der Waals surface area contributed by atoms with Gasteiger partial charge in [0, 0.05) is 37.7 Å². The SMILES string of the molecule is CCCCc1nc(C)cc(NCCNC(=O)[C@@H]2CCC(=O)NC(=O)N2)n1. The number of unbranched alkanes of at least 4 members (excludes halogenated alkanes) is 1. The van der Waals surface area contributed by atoms with E-state index in [1.807, 2.05) is 13.0 Å². The molecule has 9 nitrogen and oxygen atoms in total. The number of anilines is 1. The number of amides is 4. The van der Waals surface area contributed by atoms with E-state index in [1.54, 1.807) is 0 Å². The molecule has 0 aromatic carbocycles. The molecule has 0 radical (unpaired) electrons. The third-order valence-corrected chi connectivity index (χ3v) is 3.92. The Morgan fingerprint density at radius 2 is 2.12 bits per heavy atom. The van der Waals surface area contributed by atoms with Gasteiger partial charge in [-0.15, -0.1) is 0 Å². The Bertz CT molecular complexity index is 664. The zero-order chi connectivity index (χ0) is 18.9. The van der Waals surface area contributed by atoms with E-state index in [4.69, 9.17) is 0 Å². The van der Waals surface area contributed by atoms with Gasteiger partial charge in [0.05, 0.1) is 0 Å². The first-order valence-corrected chi connectivity index (χ1v) is 8.94. The van der Waals surface area contributed by atoms with Crippen LogP contribution in [-0.2, 0) is 16.0 Å². The first-order valence-electron chi connectivity index (χ1n) is 8.94. The summed E-state index contributed by atoms with van der Waals surface area (Å²) in [5.74, 6) is 0.865. The van der Waals surface area contributed by atoms with E-state index in [2.05, 4.69) is 38.2 Å². The maximum atomic E-state index is 12.1. The lowest BCUT2D eigenvalue weighted by molar-refractivity contribution is -0.123. The first kappa shape index (κ1) is 19.6. The second kappa shape index (κ2) is 9.69. The summed E-state index contributed by atoms with van der Waals surface area (Å²) < 4.78 is 0. The van der Waals surface area contributed by atoms with Crippen LogP contribution in [0, 0.1) is 6.92 Å². The van der Waals surface area contributed by atoms with Crippen LogP contribution in [0.4, 0.5) is 10.6 Å². The maximum Gasteiger partial charge on any atom is 0.322 e. The van der Waals surface area contributed by atoms with Gasteiger partial charge in [0.25, 0.3) is 0 Å². The molecule has 26 heavy (non-hydrogen) atoms. The molecule has 2 heterocycles. The third kappa shape index (κ3) is 6.30. The Balaban J connectivity index is 1.77. The molecular weight excluding hydrogens is 336 g/mol. The molecule has 0 unspecified atom stereocenters. The molecule has 1 aliphatic heterocycles. The predicted octanol–water partition coefficient (Wildman–Crippen LogP) is 0.644. The lowest BCUT2D eigenvalue weighted by Gasteiger charge is -2.15. The molecule has 0 bridgehead atoms. The largest absolute Gasteiger partial charge is 0.368 e. The van der Waals surface area contributed by atoms with Crippen molar-refractivity contribution in [2.24, 2.45) is 0 Å². The minimum atomic E-state index is -0.705. The van der Waals surface area contributed by atoms with Crippen LogP contribution in [0.5, 0.6) is 0 Å². The number of nitrogens with one attached hydrogen (secondary N) is 4. The van der Waals surface area contributed by atoms with Crippen LogP contribution in [0.3, 0.4) is 0 Å². The molecule has 0 saturated carbocycles. The Morgan fingerprint density at radius 1 is 1.31 bits per heavy atom. The van der Waals surface area contributed by atoms with E-state index in [0.29, 0.717) is 13.1 Å². The average molecular weight is 362 g/mol. The van der Waals surface area contributed by atoms with Crippen LogP contribution in [0.15, 0.2) is 6.07 Å². The Labute approximate surface area is 152 Å². The van der Waals surface area contributed by atoms with Gasteiger partial charge in [0.1, 0.15) is 17.7 Å². The standard InChI is InChI=1S/C17H26N6O3/c1-3-4-5-13-20-11(2)10-14(22-13)18-8-9-19-16(25)12-6-7-15(24)23-17(26)21-12/h10,12H,3-9H2,1-2H3,(H,19,25)(H,18,20,22)(H2,21,23,24,26)/t12-/m0/s1. The van der Waals surface area contributed by atoms with Crippen LogP contribution >= 0.6 is 0 Å².